The van der Waals surface area contributed by atoms with Gasteiger partial charge in [-0.05, 0) is 80.0 Å². The zero-order valence-electron chi connectivity index (χ0n) is 14.7. The van der Waals surface area contributed by atoms with Gasteiger partial charge in [0.1, 0.15) is 6.61 Å². The van der Waals surface area contributed by atoms with Crippen LogP contribution in [-0.2, 0) is 19.6 Å². The van der Waals surface area contributed by atoms with E-state index in [9.17, 15) is 26.4 Å². The molecular weight excluding hydrogens is 385 g/mol. The summed E-state index contributed by atoms with van der Waals surface area (Å²) in [6, 6.07) is 0. The van der Waals surface area contributed by atoms with E-state index in [0.717, 1.165) is 25.7 Å². The summed E-state index contributed by atoms with van der Waals surface area (Å²) in [6.45, 7) is -1.36. The molecule has 7 aliphatic rings. The van der Waals surface area contributed by atoms with Gasteiger partial charge in [0.25, 0.3) is 0 Å². The third-order valence-electron chi connectivity index (χ3n) is 8.52. The van der Waals surface area contributed by atoms with Gasteiger partial charge in [-0.25, -0.2) is 4.39 Å². The van der Waals surface area contributed by atoms with Gasteiger partial charge in [-0.1, -0.05) is 0 Å². The molecule has 0 aromatic rings. The monoisotopic (exact) mass is 408 g/mol. The lowest BCUT2D eigenvalue weighted by molar-refractivity contribution is -0.260. The van der Waals surface area contributed by atoms with Crippen LogP contribution in [0, 0.1) is 46.8 Å². The standard InChI is InChI=1S/C18H23F3O5S/c19-15(18(20,21)27(23,24)25)7-26-16(22)17-6-9-2-11-10-1-8(4-13(11)17)5-14(17)12(10)3-9/h8-15H,1-7H2,(H,23,24,25). The molecule has 0 radical (unpaired) electrons. The number of carbonyl (C=O) groups excluding carboxylic acids is 1. The van der Waals surface area contributed by atoms with Gasteiger partial charge in [0, 0.05) is 0 Å². The molecule has 7 rings (SSSR count). The van der Waals surface area contributed by atoms with Crippen molar-refractivity contribution in [3.8, 4) is 0 Å². The average Bonchev–Trinajstić information content (AvgIpc) is 2.61. The maximum atomic E-state index is 13.8. The van der Waals surface area contributed by atoms with Gasteiger partial charge in [-0.15, -0.1) is 0 Å². The molecule has 0 saturated heterocycles. The molecule has 0 aromatic heterocycles. The number of carbonyl (C=O) groups is 1. The summed E-state index contributed by atoms with van der Waals surface area (Å²) in [5.74, 6) is 2.39. The first-order chi connectivity index (χ1) is 12.6. The Hall–Kier alpha value is -0.830. The summed E-state index contributed by atoms with van der Waals surface area (Å²) >= 11 is 0. The molecule has 0 spiro atoms. The van der Waals surface area contributed by atoms with Crippen molar-refractivity contribution in [3.63, 3.8) is 0 Å². The van der Waals surface area contributed by atoms with Crippen LogP contribution in [0.2, 0.25) is 0 Å². The Labute approximate surface area is 155 Å². The first-order valence-corrected chi connectivity index (χ1v) is 11.2. The molecule has 5 atom stereocenters. The zero-order valence-corrected chi connectivity index (χ0v) is 15.5. The van der Waals surface area contributed by atoms with E-state index in [1.165, 1.54) is 6.42 Å². The van der Waals surface area contributed by atoms with E-state index in [-0.39, 0.29) is 11.8 Å². The van der Waals surface area contributed by atoms with Gasteiger partial charge < -0.3 is 4.74 Å². The highest BCUT2D eigenvalue weighted by Crippen LogP contribution is 2.76. The van der Waals surface area contributed by atoms with Gasteiger partial charge in [-0.2, -0.15) is 17.2 Å². The van der Waals surface area contributed by atoms with Crippen molar-refractivity contribution in [3.05, 3.63) is 0 Å². The first kappa shape index (κ1) is 18.2. The van der Waals surface area contributed by atoms with Crippen LogP contribution in [0.5, 0.6) is 0 Å². The molecule has 0 amide bonds. The molecule has 0 aliphatic heterocycles. The van der Waals surface area contributed by atoms with Crippen LogP contribution in [0.25, 0.3) is 0 Å². The van der Waals surface area contributed by atoms with Crippen LogP contribution in [0.15, 0.2) is 0 Å². The highest BCUT2D eigenvalue weighted by atomic mass is 32.2. The maximum absolute atomic E-state index is 13.8. The Morgan fingerprint density at radius 3 is 2.19 bits per heavy atom. The number of esters is 1. The molecule has 7 saturated carbocycles. The molecular formula is C18H23F3O5S. The number of rotatable bonds is 5. The predicted molar refractivity (Wildman–Crippen MR) is 86.9 cm³/mol. The van der Waals surface area contributed by atoms with Gasteiger partial charge in [0.15, 0.2) is 0 Å². The number of hydrogen-bond donors (Lipinski definition) is 1. The lowest BCUT2D eigenvalue weighted by Gasteiger charge is -2.73. The number of hydrogen-bond acceptors (Lipinski definition) is 4. The second-order valence-corrected chi connectivity index (χ2v) is 11.0. The largest absolute Gasteiger partial charge is 0.462 e. The Balaban J connectivity index is 1.38. The summed E-state index contributed by atoms with van der Waals surface area (Å²) in [6.07, 6.45) is 2.75. The molecule has 5 nitrogen and oxygen atoms in total. The van der Waals surface area contributed by atoms with E-state index in [0.29, 0.717) is 36.0 Å². The highest BCUT2D eigenvalue weighted by Gasteiger charge is 2.73. The normalized spacial score (nSPS) is 48.1. The topological polar surface area (TPSA) is 80.7 Å². The highest BCUT2D eigenvalue weighted by molar-refractivity contribution is 7.86. The summed E-state index contributed by atoms with van der Waals surface area (Å²) in [5, 5.41) is -4.99. The minimum absolute atomic E-state index is 0.181. The summed E-state index contributed by atoms with van der Waals surface area (Å²) < 4.78 is 75.5. The van der Waals surface area contributed by atoms with E-state index >= 15 is 0 Å². The van der Waals surface area contributed by atoms with E-state index in [1.54, 1.807) is 0 Å². The van der Waals surface area contributed by atoms with Gasteiger partial charge in [0.05, 0.1) is 5.41 Å². The van der Waals surface area contributed by atoms with Crippen LogP contribution in [0.1, 0.15) is 38.5 Å². The second-order valence-electron chi connectivity index (χ2n) is 9.46. The van der Waals surface area contributed by atoms with E-state index in [1.807, 2.05) is 0 Å². The molecule has 0 aromatic carbocycles. The van der Waals surface area contributed by atoms with E-state index < -0.39 is 39.5 Å². The van der Waals surface area contributed by atoms with Crippen LogP contribution in [0.4, 0.5) is 13.2 Å². The van der Waals surface area contributed by atoms with Crippen molar-refractivity contribution in [1.29, 1.82) is 0 Å². The lowest BCUT2D eigenvalue weighted by Crippen LogP contribution is -2.70. The zero-order chi connectivity index (χ0) is 19.4. The Kier molecular flexibility index (Phi) is 3.64. The smallest absolute Gasteiger partial charge is 0.403 e. The minimum atomic E-state index is -5.91. The van der Waals surface area contributed by atoms with Crippen LogP contribution in [-0.4, -0.2) is 37.0 Å². The Morgan fingerprint density at radius 1 is 1.07 bits per heavy atom. The third kappa shape index (κ3) is 2.21. The molecule has 5 unspecified atom stereocenters. The van der Waals surface area contributed by atoms with E-state index in [4.69, 9.17) is 9.29 Å². The molecule has 9 heteroatoms. The molecule has 8 bridgehead atoms. The van der Waals surface area contributed by atoms with Crippen LogP contribution >= 0.6 is 0 Å². The van der Waals surface area contributed by atoms with Crippen molar-refractivity contribution in [2.24, 2.45) is 46.8 Å². The summed E-state index contributed by atoms with van der Waals surface area (Å²) in [4.78, 5) is 13.1. The summed E-state index contributed by atoms with van der Waals surface area (Å²) in [5.41, 5.74) is -0.711. The van der Waals surface area contributed by atoms with Gasteiger partial charge in [0.2, 0.25) is 6.17 Å². The van der Waals surface area contributed by atoms with Gasteiger partial charge >= 0.3 is 21.3 Å². The van der Waals surface area contributed by atoms with Crippen molar-refractivity contribution in [2.45, 2.75) is 50.0 Å². The third-order valence-corrected chi connectivity index (χ3v) is 9.47. The molecule has 0 heterocycles. The van der Waals surface area contributed by atoms with Crippen molar-refractivity contribution in [1.82, 2.24) is 0 Å². The fourth-order valence-electron chi connectivity index (χ4n) is 7.88. The molecule has 7 aliphatic carbocycles. The molecule has 1 N–H and O–H groups in total. The van der Waals surface area contributed by atoms with E-state index in [2.05, 4.69) is 0 Å². The lowest BCUT2D eigenvalue weighted by atomic mass is 9.31. The molecule has 152 valence electrons. The SMILES string of the molecule is O=C(OCC(F)C(F)(F)S(=O)(=O)O)C12CC3CC4C5CC(CC41)CC2C5C3. The fraction of sp³-hybridized carbons (Fsp3) is 0.944. The fourth-order valence-corrected chi connectivity index (χ4v) is 8.28. The average molecular weight is 408 g/mol. The number of halogens is 3. The Bertz CT molecular complexity index is 760. The Morgan fingerprint density at radius 2 is 1.63 bits per heavy atom. The van der Waals surface area contributed by atoms with Crippen LogP contribution in [0.3, 0.4) is 0 Å². The van der Waals surface area contributed by atoms with Crippen molar-refractivity contribution >= 4 is 16.1 Å². The maximum Gasteiger partial charge on any atom is 0.403 e. The molecule has 27 heavy (non-hydrogen) atoms. The minimum Gasteiger partial charge on any atom is -0.462 e. The van der Waals surface area contributed by atoms with Crippen molar-refractivity contribution in [2.75, 3.05) is 6.61 Å². The van der Waals surface area contributed by atoms with Crippen LogP contribution < -0.4 is 0 Å². The molecule has 7 fully saturated rings. The predicted octanol–water partition coefficient (Wildman–Crippen LogP) is 3.06. The number of alkyl halides is 3. The summed E-state index contributed by atoms with van der Waals surface area (Å²) in [7, 11) is -5.91. The van der Waals surface area contributed by atoms with Gasteiger partial charge in [-0.3, -0.25) is 9.35 Å². The quantitative estimate of drug-likeness (QED) is 0.559. The van der Waals surface area contributed by atoms with Crippen molar-refractivity contribution < 1.29 is 35.7 Å². The second kappa shape index (κ2) is 5.40. The number of ether oxygens (including phenoxy) is 1. The first-order valence-electron chi connectivity index (χ1n) is 9.72.